The maximum atomic E-state index is 14.3. The van der Waals surface area contributed by atoms with Gasteiger partial charge in [-0.1, -0.05) is 0 Å². The second kappa shape index (κ2) is 7.48. The maximum absolute atomic E-state index is 14.3. The maximum Gasteiger partial charge on any atom is 0.255 e. The lowest BCUT2D eigenvalue weighted by Gasteiger charge is -2.26. The van der Waals surface area contributed by atoms with Crippen LogP contribution in [0.1, 0.15) is 10.4 Å². The average Bonchev–Trinajstić information content (AvgIpc) is 2.64. The molecule has 0 atom stereocenters. The minimum atomic E-state index is -3.83. The molecule has 1 aliphatic rings. The molecule has 0 spiro atoms. The van der Waals surface area contributed by atoms with Crippen molar-refractivity contribution in [3.05, 3.63) is 59.7 Å². The molecule has 1 fully saturated rings. The highest BCUT2D eigenvalue weighted by atomic mass is 32.2. The smallest absolute Gasteiger partial charge is 0.255 e. The van der Waals surface area contributed by atoms with E-state index in [4.69, 9.17) is 4.74 Å². The topological polar surface area (TPSA) is 75.7 Å². The Balaban J connectivity index is 1.79. The molecule has 1 saturated heterocycles. The molecular formula is C17H16F2N2O4S. The summed E-state index contributed by atoms with van der Waals surface area (Å²) < 4.78 is 58.6. The number of halogens is 2. The molecular weight excluding hydrogens is 366 g/mol. The van der Waals surface area contributed by atoms with Crippen LogP contribution in [0.4, 0.5) is 14.5 Å². The van der Waals surface area contributed by atoms with Crippen molar-refractivity contribution in [3.63, 3.8) is 0 Å². The number of amides is 1. The van der Waals surface area contributed by atoms with Crippen molar-refractivity contribution in [2.24, 2.45) is 0 Å². The van der Waals surface area contributed by atoms with Crippen LogP contribution in [-0.2, 0) is 14.8 Å². The fourth-order valence-corrected chi connectivity index (χ4v) is 3.91. The normalized spacial score (nSPS) is 15.6. The van der Waals surface area contributed by atoms with Gasteiger partial charge in [0.25, 0.3) is 5.91 Å². The highest BCUT2D eigenvalue weighted by molar-refractivity contribution is 7.89. The first kappa shape index (κ1) is 18.4. The predicted molar refractivity (Wildman–Crippen MR) is 90.3 cm³/mol. The lowest BCUT2D eigenvalue weighted by molar-refractivity contribution is 0.0730. The number of anilines is 1. The molecule has 3 rings (SSSR count). The first-order valence-electron chi connectivity index (χ1n) is 7.82. The van der Waals surface area contributed by atoms with Crippen LogP contribution in [0.5, 0.6) is 0 Å². The fourth-order valence-electron chi connectivity index (χ4n) is 2.49. The molecule has 0 unspecified atom stereocenters. The van der Waals surface area contributed by atoms with Gasteiger partial charge in [-0.3, -0.25) is 4.79 Å². The van der Waals surface area contributed by atoms with Crippen LogP contribution in [-0.4, -0.2) is 44.9 Å². The Hall–Kier alpha value is -2.36. The third-order valence-electron chi connectivity index (χ3n) is 3.90. The van der Waals surface area contributed by atoms with Gasteiger partial charge >= 0.3 is 0 Å². The summed E-state index contributed by atoms with van der Waals surface area (Å²) in [6.07, 6.45) is 0. The molecule has 0 bridgehead atoms. The number of morpholine rings is 1. The van der Waals surface area contributed by atoms with E-state index in [1.54, 1.807) is 0 Å². The van der Waals surface area contributed by atoms with Crippen molar-refractivity contribution in [1.29, 1.82) is 0 Å². The van der Waals surface area contributed by atoms with Crippen molar-refractivity contribution in [2.75, 3.05) is 31.6 Å². The average molecular weight is 382 g/mol. The molecule has 0 aromatic heterocycles. The number of hydrogen-bond acceptors (Lipinski definition) is 4. The molecule has 0 aliphatic carbocycles. The minimum absolute atomic E-state index is 0.149. The van der Waals surface area contributed by atoms with Crippen LogP contribution in [0.15, 0.2) is 47.4 Å². The molecule has 1 aliphatic heterocycles. The summed E-state index contributed by atoms with van der Waals surface area (Å²) in [5.41, 5.74) is -0.0175. The van der Waals surface area contributed by atoms with Crippen LogP contribution in [0.25, 0.3) is 0 Å². The molecule has 1 amide bonds. The Labute approximate surface area is 149 Å². The summed E-state index contributed by atoms with van der Waals surface area (Å²) in [5.74, 6) is -2.01. The zero-order valence-electron chi connectivity index (χ0n) is 13.6. The van der Waals surface area contributed by atoms with E-state index < -0.39 is 27.6 Å². The Morgan fingerprint density at radius 3 is 2.31 bits per heavy atom. The predicted octanol–water partition coefficient (Wildman–Crippen LogP) is 2.24. The summed E-state index contributed by atoms with van der Waals surface area (Å²) in [6.45, 7) is 0.973. The van der Waals surface area contributed by atoms with Gasteiger partial charge in [-0.05, 0) is 42.5 Å². The highest BCUT2D eigenvalue weighted by Crippen LogP contribution is 2.23. The van der Waals surface area contributed by atoms with Gasteiger partial charge < -0.3 is 10.1 Å². The molecule has 0 radical (unpaired) electrons. The van der Waals surface area contributed by atoms with Gasteiger partial charge in [0, 0.05) is 18.7 Å². The van der Waals surface area contributed by atoms with Crippen molar-refractivity contribution < 1.29 is 26.7 Å². The van der Waals surface area contributed by atoms with E-state index in [1.165, 1.54) is 28.6 Å². The number of carbonyl (C=O) groups is 1. The fraction of sp³-hybridized carbons (Fsp3) is 0.235. The van der Waals surface area contributed by atoms with Crippen LogP contribution in [0.2, 0.25) is 0 Å². The van der Waals surface area contributed by atoms with Crippen molar-refractivity contribution in [1.82, 2.24) is 4.31 Å². The molecule has 138 valence electrons. The van der Waals surface area contributed by atoms with Crippen molar-refractivity contribution in [2.45, 2.75) is 4.90 Å². The van der Waals surface area contributed by atoms with Crippen LogP contribution < -0.4 is 5.32 Å². The Morgan fingerprint density at radius 1 is 1.04 bits per heavy atom. The van der Waals surface area contributed by atoms with Gasteiger partial charge in [0.05, 0.1) is 23.8 Å². The summed E-state index contributed by atoms with van der Waals surface area (Å²) in [5, 5.41) is 2.34. The quantitative estimate of drug-likeness (QED) is 0.880. The molecule has 6 nitrogen and oxygen atoms in total. The largest absolute Gasteiger partial charge is 0.379 e. The number of nitrogens with one attached hydrogen (secondary N) is 1. The van der Waals surface area contributed by atoms with E-state index in [0.717, 1.165) is 18.2 Å². The third-order valence-corrected chi connectivity index (χ3v) is 5.80. The Bertz CT molecular complexity index is 911. The zero-order chi connectivity index (χ0) is 18.7. The van der Waals surface area contributed by atoms with E-state index in [9.17, 15) is 22.0 Å². The molecule has 1 N–H and O–H groups in total. The summed E-state index contributed by atoms with van der Waals surface area (Å²) >= 11 is 0. The Kier molecular flexibility index (Phi) is 5.30. The lowest BCUT2D eigenvalue weighted by atomic mass is 10.2. The van der Waals surface area contributed by atoms with Crippen LogP contribution in [0.3, 0.4) is 0 Å². The van der Waals surface area contributed by atoms with E-state index in [2.05, 4.69) is 5.32 Å². The van der Waals surface area contributed by atoms with E-state index in [0.29, 0.717) is 0 Å². The number of hydrogen-bond donors (Lipinski definition) is 1. The summed E-state index contributed by atoms with van der Waals surface area (Å²) in [7, 11) is -3.83. The molecule has 9 heteroatoms. The summed E-state index contributed by atoms with van der Waals surface area (Å²) in [4.78, 5) is 11.9. The molecule has 0 saturated carbocycles. The van der Waals surface area contributed by atoms with Crippen molar-refractivity contribution in [3.8, 4) is 0 Å². The first-order valence-corrected chi connectivity index (χ1v) is 9.26. The number of ether oxygens (including phenoxy) is 1. The van der Waals surface area contributed by atoms with E-state index in [1.807, 2.05) is 0 Å². The van der Waals surface area contributed by atoms with Gasteiger partial charge in [0.2, 0.25) is 10.0 Å². The monoisotopic (exact) mass is 382 g/mol. The lowest BCUT2D eigenvalue weighted by Crippen LogP contribution is -2.40. The first-order chi connectivity index (χ1) is 12.4. The number of nitrogens with zero attached hydrogens (tertiary/aromatic N) is 1. The van der Waals surface area contributed by atoms with Crippen LogP contribution >= 0.6 is 0 Å². The molecule has 2 aromatic carbocycles. The SMILES string of the molecule is O=C(Nc1ccc(S(=O)(=O)N2CCOCC2)cc1F)c1ccc(F)cc1. The van der Waals surface area contributed by atoms with Gasteiger partial charge in [0.15, 0.2) is 0 Å². The molecule has 1 heterocycles. The van der Waals surface area contributed by atoms with Crippen molar-refractivity contribution >= 4 is 21.6 Å². The van der Waals surface area contributed by atoms with Crippen LogP contribution in [0, 0.1) is 11.6 Å². The summed E-state index contributed by atoms with van der Waals surface area (Å²) in [6, 6.07) is 8.04. The Morgan fingerprint density at radius 2 is 1.69 bits per heavy atom. The minimum Gasteiger partial charge on any atom is -0.379 e. The second-order valence-corrected chi connectivity index (χ2v) is 7.56. The van der Waals surface area contributed by atoms with E-state index in [-0.39, 0.29) is 42.4 Å². The van der Waals surface area contributed by atoms with E-state index >= 15 is 0 Å². The standard InChI is InChI=1S/C17H16F2N2O4S/c18-13-3-1-12(2-4-13)17(22)20-16-6-5-14(11-15(16)19)26(23,24)21-7-9-25-10-8-21/h1-6,11H,7-10H2,(H,20,22). The second-order valence-electron chi connectivity index (χ2n) is 5.62. The van der Waals surface area contributed by atoms with Gasteiger partial charge in [-0.2, -0.15) is 4.31 Å². The molecule has 2 aromatic rings. The number of sulfonamides is 1. The van der Waals surface area contributed by atoms with Gasteiger partial charge in [0.1, 0.15) is 11.6 Å². The molecule has 26 heavy (non-hydrogen) atoms. The number of rotatable bonds is 4. The zero-order valence-corrected chi connectivity index (χ0v) is 14.4. The van der Waals surface area contributed by atoms with Gasteiger partial charge in [-0.15, -0.1) is 0 Å². The number of carbonyl (C=O) groups excluding carboxylic acids is 1. The number of benzene rings is 2. The van der Waals surface area contributed by atoms with Gasteiger partial charge in [-0.25, -0.2) is 17.2 Å². The third kappa shape index (κ3) is 3.90. The highest BCUT2D eigenvalue weighted by Gasteiger charge is 2.27.